The first kappa shape index (κ1) is 14.9. The van der Waals surface area contributed by atoms with Crippen LogP contribution in [-0.2, 0) is 11.3 Å². The lowest BCUT2D eigenvalue weighted by atomic mass is 9.81. The third-order valence-corrected chi connectivity index (χ3v) is 3.91. The first-order chi connectivity index (χ1) is 9.57. The summed E-state index contributed by atoms with van der Waals surface area (Å²) < 4.78 is 26.3. The number of carbonyl (C=O) groups excluding carboxylic acids is 1. The molecule has 1 atom stereocenters. The van der Waals surface area contributed by atoms with Gasteiger partial charge < -0.3 is 10.6 Å². The zero-order chi connectivity index (χ0) is 14.6. The van der Waals surface area contributed by atoms with E-state index in [1.807, 2.05) is 6.92 Å². The molecule has 2 rings (SSSR count). The largest absolute Gasteiger partial charge is 0.351 e. The number of hydrogen-bond donors (Lipinski definition) is 2. The molecule has 5 heteroatoms. The predicted molar refractivity (Wildman–Crippen MR) is 73.0 cm³/mol. The smallest absolute Gasteiger partial charge is 0.227 e. The van der Waals surface area contributed by atoms with Gasteiger partial charge in [-0.15, -0.1) is 0 Å². The molecule has 0 spiro atoms. The summed E-state index contributed by atoms with van der Waals surface area (Å²) >= 11 is 0. The molecule has 0 aromatic heterocycles. The zero-order valence-corrected chi connectivity index (χ0v) is 11.6. The Morgan fingerprint density at radius 3 is 2.85 bits per heavy atom. The monoisotopic (exact) mass is 282 g/mol. The van der Waals surface area contributed by atoms with Crippen LogP contribution in [0.2, 0.25) is 0 Å². The molecule has 1 saturated heterocycles. The van der Waals surface area contributed by atoms with Crippen LogP contribution in [0.5, 0.6) is 0 Å². The molecule has 0 saturated carbocycles. The molecule has 0 bridgehead atoms. The molecule has 0 radical (unpaired) electrons. The van der Waals surface area contributed by atoms with Crippen LogP contribution < -0.4 is 10.6 Å². The third kappa shape index (κ3) is 3.15. The van der Waals surface area contributed by atoms with Crippen molar-refractivity contribution < 1.29 is 13.6 Å². The van der Waals surface area contributed by atoms with E-state index in [-0.39, 0.29) is 17.9 Å². The maximum atomic E-state index is 13.5. The summed E-state index contributed by atoms with van der Waals surface area (Å²) in [5, 5.41) is 6.00. The minimum Gasteiger partial charge on any atom is -0.351 e. The number of halogens is 2. The minimum absolute atomic E-state index is 0.0481. The van der Waals surface area contributed by atoms with Crippen LogP contribution in [0.1, 0.15) is 31.7 Å². The molecule has 0 aliphatic carbocycles. The van der Waals surface area contributed by atoms with Crippen molar-refractivity contribution in [1.82, 2.24) is 10.6 Å². The standard InChI is InChI=1S/C15H20F2N2O/c1-2-5-15(6-7-18-10-15)14(20)19-9-11-3-4-12(16)8-13(11)17/h3-4,8,18H,2,5-7,9-10H2,1H3,(H,19,20). The van der Waals surface area contributed by atoms with Crippen LogP contribution in [0.4, 0.5) is 8.78 Å². The molecule has 3 nitrogen and oxygen atoms in total. The molecule has 1 fully saturated rings. The molecular weight excluding hydrogens is 262 g/mol. The van der Waals surface area contributed by atoms with E-state index in [1.54, 1.807) is 0 Å². The van der Waals surface area contributed by atoms with Crippen LogP contribution in [0.3, 0.4) is 0 Å². The molecule has 1 aromatic rings. The highest BCUT2D eigenvalue weighted by Gasteiger charge is 2.39. The number of carbonyl (C=O) groups is 1. The third-order valence-electron chi connectivity index (χ3n) is 3.91. The summed E-state index contributed by atoms with van der Waals surface area (Å²) in [5.41, 5.74) is -0.0806. The predicted octanol–water partition coefficient (Wildman–Crippen LogP) is 2.36. The topological polar surface area (TPSA) is 41.1 Å². The zero-order valence-electron chi connectivity index (χ0n) is 11.6. The van der Waals surface area contributed by atoms with Crippen molar-refractivity contribution in [1.29, 1.82) is 0 Å². The highest BCUT2D eigenvalue weighted by Crippen LogP contribution is 2.31. The molecule has 1 amide bonds. The first-order valence-corrected chi connectivity index (χ1v) is 7.00. The van der Waals surface area contributed by atoms with Crippen LogP contribution in [0.25, 0.3) is 0 Å². The minimum atomic E-state index is -0.626. The Kier molecular flexibility index (Phi) is 4.70. The molecule has 20 heavy (non-hydrogen) atoms. The molecule has 110 valence electrons. The second kappa shape index (κ2) is 6.31. The maximum absolute atomic E-state index is 13.5. The summed E-state index contributed by atoms with van der Waals surface area (Å²) in [5.74, 6) is -1.28. The average molecular weight is 282 g/mol. The number of nitrogens with one attached hydrogen (secondary N) is 2. The van der Waals surface area contributed by atoms with Crippen molar-refractivity contribution >= 4 is 5.91 Å². The Bertz CT molecular complexity index is 485. The van der Waals surface area contributed by atoms with E-state index >= 15 is 0 Å². The lowest BCUT2D eigenvalue weighted by Crippen LogP contribution is -2.42. The van der Waals surface area contributed by atoms with Gasteiger partial charge in [0.25, 0.3) is 0 Å². The fourth-order valence-electron chi connectivity index (χ4n) is 2.77. The second-order valence-electron chi connectivity index (χ2n) is 5.38. The molecule has 1 aliphatic heterocycles. The summed E-state index contributed by atoms with van der Waals surface area (Å²) in [6.07, 6.45) is 2.55. The highest BCUT2D eigenvalue weighted by molar-refractivity contribution is 5.83. The van der Waals surface area contributed by atoms with Gasteiger partial charge in [0, 0.05) is 24.7 Å². The van der Waals surface area contributed by atoms with Crippen LogP contribution >= 0.6 is 0 Å². The Balaban J connectivity index is 2.00. The quantitative estimate of drug-likeness (QED) is 0.870. The van der Waals surface area contributed by atoms with E-state index in [0.29, 0.717) is 12.1 Å². The van der Waals surface area contributed by atoms with Crippen molar-refractivity contribution in [2.45, 2.75) is 32.7 Å². The molecule has 2 N–H and O–H groups in total. The highest BCUT2D eigenvalue weighted by atomic mass is 19.1. The molecule has 1 heterocycles. The van der Waals surface area contributed by atoms with Gasteiger partial charge in [-0.05, 0) is 25.5 Å². The normalized spacial score (nSPS) is 21.9. The fraction of sp³-hybridized carbons (Fsp3) is 0.533. The van der Waals surface area contributed by atoms with Crippen LogP contribution in [0.15, 0.2) is 18.2 Å². The van der Waals surface area contributed by atoms with E-state index in [9.17, 15) is 13.6 Å². The molecule has 1 unspecified atom stereocenters. The van der Waals surface area contributed by atoms with Gasteiger partial charge in [-0.1, -0.05) is 19.4 Å². The molecular formula is C15H20F2N2O. The Morgan fingerprint density at radius 1 is 1.45 bits per heavy atom. The second-order valence-corrected chi connectivity index (χ2v) is 5.38. The van der Waals surface area contributed by atoms with Gasteiger partial charge in [-0.3, -0.25) is 4.79 Å². The summed E-state index contributed by atoms with van der Waals surface area (Å²) in [6.45, 7) is 3.64. The van der Waals surface area contributed by atoms with E-state index in [4.69, 9.17) is 0 Å². The van der Waals surface area contributed by atoms with Crippen molar-refractivity contribution in [3.63, 3.8) is 0 Å². The Hall–Kier alpha value is -1.49. The fourth-order valence-corrected chi connectivity index (χ4v) is 2.77. The van der Waals surface area contributed by atoms with E-state index < -0.39 is 11.6 Å². The Labute approximate surface area is 117 Å². The van der Waals surface area contributed by atoms with E-state index in [0.717, 1.165) is 31.9 Å². The molecule has 1 aromatic carbocycles. The van der Waals surface area contributed by atoms with Gasteiger partial charge in [0.05, 0.1) is 5.41 Å². The SMILES string of the molecule is CCCC1(C(=O)NCc2ccc(F)cc2F)CCNC1. The van der Waals surface area contributed by atoms with Crippen molar-refractivity contribution in [3.05, 3.63) is 35.4 Å². The van der Waals surface area contributed by atoms with Gasteiger partial charge in [-0.25, -0.2) is 8.78 Å². The summed E-state index contributed by atoms with van der Waals surface area (Å²) in [4.78, 5) is 12.4. The lowest BCUT2D eigenvalue weighted by molar-refractivity contribution is -0.130. The van der Waals surface area contributed by atoms with Crippen molar-refractivity contribution in [2.24, 2.45) is 5.41 Å². The number of hydrogen-bond acceptors (Lipinski definition) is 2. The van der Waals surface area contributed by atoms with Crippen molar-refractivity contribution in [2.75, 3.05) is 13.1 Å². The first-order valence-electron chi connectivity index (χ1n) is 7.00. The average Bonchev–Trinajstić information content (AvgIpc) is 2.88. The van der Waals surface area contributed by atoms with Crippen LogP contribution in [-0.4, -0.2) is 19.0 Å². The summed E-state index contributed by atoms with van der Waals surface area (Å²) in [6, 6.07) is 3.40. The van der Waals surface area contributed by atoms with Gasteiger partial charge in [0.2, 0.25) is 5.91 Å². The van der Waals surface area contributed by atoms with Crippen molar-refractivity contribution in [3.8, 4) is 0 Å². The maximum Gasteiger partial charge on any atom is 0.227 e. The van der Waals surface area contributed by atoms with Gasteiger partial charge in [0.1, 0.15) is 11.6 Å². The number of amides is 1. The molecule has 1 aliphatic rings. The van der Waals surface area contributed by atoms with Crippen LogP contribution in [0, 0.1) is 17.0 Å². The van der Waals surface area contributed by atoms with E-state index in [1.165, 1.54) is 12.1 Å². The summed E-state index contributed by atoms with van der Waals surface area (Å²) in [7, 11) is 0. The Morgan fingerprint density at radius 2 is 2.25 bits per heavy atom. The van der Waals surface area contributed by atoms with Gasteiger partial charge in [0.15, 0.2) is 0 Å². The lowest BCUT2D eigenvalue weighted by Gasteiger charge is -2.26. The number of rotatable bonds is 5. The van der Waals surface area contributed by atoms with Gasteiger partial charge >= 0.3 is 0 Å². The van der Waals surface area contributed by atoms with E-state index in [2.05, 4.69) is 10.6 Å². The number of benzene rings is 1. The van der Waals surface area contributed by atoms with Gasteiger partial charge in [-0.2, -0.15) is 0 Å².